The molecule has 1 heterocycles. The molecule has 0 saturated heterocycles. The molecule has 72 valence electrons. The highest BCUT2D eigenvalue weighted by atomic mass is 32.1. The van der Waals surface area contributed by atoms with Gasteiger partial charge in [-0.1, -0.05) is 12.0 Å². The number of nitrogens with two attached hydrogens (primary N) is 1. The fourth-order valence-electron chi connectivity index (χ4n) is 0.582. The zero-order valence-corrected chi connectivity index (χ0v) is 8.64. The molecule has 2 N–H and O–H groups in total. The van der Waals surface area contributed by atoms with Crippen LogP contribution in [0.4, 0.5) is 5.13 Å². The summed E-state index contributed by atoms with van der Waals surface area (Å²) in [6.07, 6.45) is 0.607. The third kappa shape index (κ3) is 2.85. The molecule has 0 bridgehead atoms. The SMILES string of the molecule is CCC(S)C(=O)Oc1nnc(N)s1. The van der Waals surface area contributed by atoms with Crippen LogP contribution in [0.15, 0.2) is 0 Å². The number of esters is 1. The first-order valence-electron chi connectivity index (χ1n) is 3.62. The van der Waals surface area contributed by atoms with Crippen LogP contribution < -0.4 is 10.5 Å². The Kier molecular flexibility index (Phi) is 3.49. The molecule has 13 heavy (non-hydrogen) atoms. The summed E-state index contributed by atoms with van der Waals surface area (Å²) in [6, 6.07) is 0. The molecule has 1 unspecified atom stereocenters. The Morgan fingerprint density at radius 1 is 1.77 bits per heavy atom. The van der Waals surface area contributed by atoms with Crippen LogP contribution in [0.2, 0.25) is 0 Å². The lowest BCUT2D eigenvalue weighted by Gasteiger charge is -2.03. The predicted molar refractivity (Wildman–Crippen MR) is 53.0 cm³/mol. The van der Waals surface area contributed by atoms with Gasteiger partial charge in [0.1, 0.15) is 0 Å². The maximum Gasteiger partial charge on any atom is 0.326 e. The number of anilines is 1. The average Bonchev–Trinajstić information content (AvgIpc) is 2.49. The minimum atomic E-state index is -0.429. The van der Waals surface area contributed by atoms with Crippen LogP contribution in [-0.2, 0) is 4.79 Å². The molecule has 0 amide bonds. The number of carbonyl (C=O) groups excluding carboxylic acids is 1. The summed E-state index contributed by atoms with van der Waals surface area (Å²) < 4.78 is 4.84. The molecule has 0 radical (unpaired) electrons. The fraction of sp³-hybridized carbons (Fsp3) is 0.500. The van der Waals surface area contributed by atoms with Gasteiger partial charge in [-0.25, -0.2) is 0 Å². The zero-order valence-electron chi connectivity index (χ0n) is 6.93. The van der Waals surface area contributed by atoms with Crippen molar-refractivity contribution < 1.29 is 9.53 Å². The van der Waals surface area contributed by atoms with Crippen LogP contribution in [0.5, 0.6) is 5.19 Å². The van der Waals surface area contributed by atoms with Crippen molar-refractivity contribution >= 4 is 35.1 Å². The maximum atomic E-state index is 11.2. The van der Waals surface area contributed by atoms with Gasteiger partial charge in [-0.15, -0.1) is 5.10 Å². The second-order valence-electron chi connectivity index (χ2n) is 2.25. The number of rotatable bonds is 3. The molecule has 0 aromatic carbocycles. The van der Waals surface area contributed by atoms with E-state index < -0.39 is 11.2 Å². The topological polar surface area (TPSA) is 78.1 Å². The van der Waals surface area contributed by atoms with Crippen LogP contribution in [-0.4, -0.2) is 21.4 Å². The molecule has 5 nitrogen and oxygen atoms in total. The largest absolute Gasteiger partial charge is 0.396 e. The summed E-state index contributed by atoms with van der Waals surface area (Å²) in [5, 5.41) is 7.05. The third-order valence-corrected chi connectivity index (χ3v) is 2.48. The minimum Gasteiger partial charge on any atom is -0.396 e. The maximum absolute atomic E-state index is 11.2. The molecule has 1 aromatic heterocycles. The fourth-order valence-corrected chi connectivity index (χ4v) is 1.10. The van der Waals surface area contributed by atoms with Gasteiger partial charge in [0, 0.05) is 0 Å². The summed E-state index contributed by atoms with van der Waals surface area (Å²) in [5.74, 6) is -0.429. The molecule has 0 fully saturated rings. The molecular weight excluding hydrogens is 210 g/mol. The van der Waals surface area contributed by atoms with Crippen LogP contribution >= 0.6 is 24.0 Å². The van der Waals surface area contributed by atoms with Gasteiger partial charge in [0.2, 0.25) is 5.13 Å². The summed E-state index contributed by atoms with van der Waals surface area (Å²) in [5.41, 5.74) is 5.30. The van der Waals surface area contributed by atoms with Gasteiger partial charge in [-0.2, -0.15) is 12.6 Å². The number of nitrogen functional groups attached to an aromatic ring is 1. The number of hydrogen-bond donors (Lipinski definition) is 2. The van der Waals surface area contributed by atoms with Gasteiger partial charge >= 0.3 is 11.2 Å². The van der Waals surface area contributed by atoms with E-state index >= 15 is 0 Å². The van der Waals surface area contributed by atoms with Gasteiger partial charge in [0.25, 0.3) is 0 Å². The highest BCUT2D eigenvalue weighted by Gasteiger charge is 2.15. The van der Waals surface area contributed by atoms with Gasteiger partial charge in [-0.05, 0) is 17.8 Å². The van der Waals surface area contributed by atoms with Gasteiger partial charge in [-0.3, -0.25) is 4.79 Å². The smallest absolute Gasteiger partial charge is 0.326 e. The first kappa shape index (κ1) is 10.3. The third-order valence-electron chi connectivity index (χ3n) is 1.27. The van der Waals surface area contributed by atoms with E-state index in [9.17, 15) is 4.79 Å². The van der Waals surface area contributed by atoms with Crippen LogP contribution in [0.25, 0.3) is 0 Å². The number of aromatic nitrogens is 2. The van der Waals surface area contributed by atoms with Crippen molar-refractivity contribution in [3.63, 3.8) is 0 Å². The summed E-state index contributed by atoms with van der Waals surface area (Å²) in [4.78, 5) is 11.2. The van der Waals surface area contributed by atoms with Crippen molar-refractivity contribution in [1.29, 1.82) is 0 Å². The van der Waals surface area contributed by atoms with Gasteiger partial charge in [0.05, 0.1) is 5.25 Å². The Hall–Kier alpha value is -0.820. The molecule has 0 aliphatic heterocycles. The van der Waals surface area contributed by atoms with E-state index in [0.29, 0.717) is 6.42 Å². The van der Waals surface area contributed by atoms with E-state index in [-0.39, 0.29) is 10.3 Å². The highest BCUT2D eigenvalue weighted by Crippen LogP contribution is 2.20. The molecule has 0 saturated carbocycles. The molecule has 1 atom stereocenters. The minimum absolute atomic E-state index is 0.162. The Balaban J connectivity index is 2.54. The van der Waals surface area contributed by atoms with Crippen LogP contribution in [0.3, 0.4) is 0 Å². The van der Waals surface area contributed by atoms with Gasteiger partial charge < -0.3 is 10.5 Å². The van der Waals surface area contributed by atoms with E-state index in [1.54, 1.807) is 0 Å². The first-order chi connectivity index (χ1) is 6.13. The van der Waals surface area contributed by atoms with E-state index in [4.69, 9.17) is 10.5 Å². The van der Waals surface area contributed by atoms with Gasteiger partial charge in [0.15, 0.2) is 0 Å². The van der Waals surface area contributed by atoms with Crippen LogP contribution in [0, 0.1) is 0 Å². The molecule has 7 heteroatoms. The van der Waals surface area contributed by atoms with Crippen molar-refractivity contribution in [3.8, 4) is 5.19 Å². The number of carbonyl (C=O) groups is 1. The van der Waals surface area contributed by atoms with Crippen molar-refractivity contribution in [2.24, 2.45) is 0 Å². The second kappa shape index (κ2) is 4.43. The Bertz CT molecular complexity index is 302. The molecule has 1 rings (SSSR count). The van der Waals surface area contributed by atoms with E-state index in [1.165, 1.54) is 0 Å². The van der Waals surface area contributed by atoms with E-state index in [2.05, 4.69) is 22.8 Å². The lowest BCUT2D eigenvalue weighted by atomic mass is 10.3. The van der Waals surface area contributed by atoms with Crippen molar-refractivity contribution in [2.75, 3.05) is 5.73 Å². The van der Waals surface area contributed by atoms with E-state index in [1.807, 2.05) is 6.92 Å². The summed E-state index contributed by atoms with van der Waals surface area (Å²) in [6.45, 7) is 1.84. The quantitative estimate of drug-likeness (QED) is 0.579. The Morgan fingerprint density at radius 2 is 2.46 bits per heavy atom. The van der Waals surface area contributed by atoms with Crippen molar-refractivity contribution in [1.82, 2.24) is 10.2 Å². The highest BCUT2D eigenvalue weighted by molar-refractivity contribution is 7.81. The first-order valence-corrected chi connectivity index (χ1v) is 4.95. The predicted octanol–water partition coefficient (Wildman–Crippen LogP) is 0.734. The molecule has 1 aromatic rings. The van der Waals surface area contributed by atoms with Crippen LogP contribution in [0.1, 0.15) is 13.3 Å². The zero-order chi connectivity index (χ0) is 9.84. The van der Waals surface area contributed by atoms with E-state index in [0.717, 1.165) is 11.3 Å². The summed E-state index contributed by atoms with van der Waals surface area (Å²) in [7, 11) is 0. The number of ether oxygens (including phenoxy) is 1. The average molecular weight is 219 g/mol. The Labute approximate surface area is 84.7 Å². The lowest BCUT2D eigenvalue weighted by Crippen LogP contribution is -2.19. The standard InChI is InChI=1S/C6H9N3O2S2/c1-2-3(12)4(10)11-6-9-8-5(7)13-6/h3,12H,2H2,1H3,(H2,7,8). The number of thiol groups is 1. The molecule has 0 aliphatic rings. The monoisotopic (exact) mass is 219 g/mol. The molecule has 0 aliphatic carbocycles. The summed E-state index contributed by atoms with van der Waals surface area (Å²) >= 11 is 5.04. The second-order valence-corrected chi connectivity index (χ2v) is 3.85. The number of nitrogens with zero attached hydrogens (tertiary/aromatic N) is 2. The van der Waals surface area contributed by atoms with Crippen molar-refractivity contribution in [3.05, 3.63) is 0 Å². The normalized spacial score (nSPS) is 12.5. The number of hydrogen-bond acceptors (Lipinski definition) is 7. The molecular formula is C6H9N3O2S2. The Morgan fingerprint density at radius 3 is 2.92 bits per heavy atom. The molecule has 0 spiro atoms. The lowest BCUT2D eigenvalue weighted by molar-refractivity contribution is -0.133. The van der Waals surface area contributed by atoms with Crippen molar-refractivity contribution in [2.45, 2.75) is 18.6 Å².